The third kappa shape index (κ3) is 4.16. The minimum atomic E-state index is -0.0832. The third-order valence-electron chi connectivity index (χ3n) is 2.79. The van der Waals surface area contributed by atoms with Crippen molar-refractivity contribution in [1.82, 2.24) is 20.2 Å². The van der Waals surface area contributed by atoms with E-state index in [-0.39, 0.29) is 11.7 Å². The van der Waals surface area contributed by atoms with Crippen LogP contribution in [0.4, 0.5) is 5.69 Å². The maximum atomic E-state index is 12.0. The van der Waals surface area contributed by atoms with Gasteiger partial charge in [-0.2, -0.15) is 0 Å². The molecule has 1 N–H and O–H groups in total. The number of aryl methyl sites for hydroxylation is 2. The van der Waals surface area contributed by atoms with Gasteiger partial charge in [-0.15, -0.1) is 11.7 Å². The number of aromatic nitrogens is 4. The van der Waals surface area contributed by atoms with Crippen LogP contribution in [0, 0.1) is 13.8 Å². The van der Waals surface area contributed by atoms with Crippen LogP contribution in [0.25, 0.3) is 0 Å². The van der Waals surface area contributed by atoms with Crippen LogP contribution in [-0.4, -0.2) is 31.9 Å². The summed E-state index contributed by atoms with van der Waals surface area (Å²) in [5, 5.41) is 14.8. The summed E-state index contributed by atoms with van der Waals surface area (Å²) >= 11 is 1.30. The van der Waals surface area contributed by atoms with E-state index in [1.54, 1.807) is 10.8 Å². The van der Waals surface area contributed by atoms with Crippen molar-refractivity contribution >= 4 is 23.4 Å². The van der Waals surface area contributed by atoms with E-state index in [0.717, 1.165) is 11.3 Å². The zero-order chi connectivity index (χ0) is 15.2. The number of carbonyl (C=O) groups is 1. The molecule has 0 aliphatic rings. The molecule has 0 radical (unpaired) electrons. The summed E-state index contributed by atoms with van der Waals surface area (Å²) in [7, 11) is 0. The number of thioether (sulfide) groups is 1. The molecule has 0 bridgehead atoms. The van der Waals surface area contributed by atoms with E-state index in [4.69, 9.17) is 0 Å². The molecule has 21 heavy (non-hydrogen) atoms. The molecule has 0 unspecified atom stereocenters. The molecule has 0 atom stereocenters. The highest BCUT2D eigenvalue weighted by Crippen LogP contribution is 2.18. The van der Waals surface area contributed by atoms with Gasteiger partial charge in [0.15, 0.2) is 0 Å². The van der Waals surface area contributed by atoms with Gasteiger partial charge in [0, 0.05) is 5.69 Å². The molecule has 0 aliphatic carbocycles. The topological polar surface area (TPSA) is 72.7 Å². The van der Waals surface area contributed by atoms with E-state index in [1.807, 2.05) is 32.0 Å². The van der Waals surface area contributed by atoms with Crippen LogP contribution in [0.15, 0.2) is 36.0 Å². The van der Waals surface area contributed by atoms with Crippen LogP contribution in [0.3, 0.4) is 0 Å². The first-order valence-corrected chi connectivity index (χ1v) is 7.45. The number of nitrogens with one attached hydrogen (secondary N) is 1. The zero-order valence-corrected chi connectivity index (χ0v) is 12.9. The second kappa shape index (κ2) is 7.03. The Hall–Kier alpha value is -2.15. The van der Waals surface area contributed by atoms with Crippen molar-refractivity contribution in [2.24, 2.45) is 0 Å². The number of amides is 1. The molecule has 6 nitrogen and oxygen atoms in total. The van der Waals surface area contributed by atoms with Gasteiger partial charge in [-0.1, -0.05) is 35.5 Å². The van der Waals surface area contributed by atoms with E-state index in [0.29, 0.717) is 11.7 Å². The molecule has 1 aromatic heterocycles. The molecule has 1 heterocycles. The summed E-state index contributed by atoms with van der Waals surface area (Å²) in [5.74, 6) is 0.172. The molecule has 0 fully saturated rings. The number of hydrogen-bond donors (Lipinski definition) is 1. The van der Waals surface area contributed by atoms with Gasteiger partial charge in [0.25, 0.3) is 0 Å². The Kier molecular flexibility index (Phi) is 5.10. The Morgan fingerprint density at radius 2 is 2.29 bits per heavy atom. The van der Waals surface area contributed by atoms with Crippen molar-refractivity contribution in [2.75, 3.05) is 11.1 Å². The fraction of sp³-hybridized carbons (Fsp3) is 0.286. The van der Waals surface area contributed by atoms with Crippen molar-refractivity contribution in [2.45, 2.75) is 25.5 Å². The molecule has 0 saturated carbocycles. The van der Waals surface area contributed by atoms with E-state index in [1.165, 1.54) is 17.3 Å². The molecule has 110 valence electrons. The summed E-state index contributed by atoms with van der Waals surface area (Å²) in [6, 6.07) is 5.92. The van der Waals surface area contributed by atoms with Crippen LogP contribution in [0.5, 0.6) is 0 Å². The average Bonchev–Trinajstić information content (AvgIpc) is 2.88. The summed E-state index contributed by atoms with van der Waals surface area (Å²) in [4.78, 5) is 12.0. The molecular weight excluding hydrogens is 286 g/mol. The normalized spacial score (nSPS) is 10.4. The van der Waals surface area contributed by atoms with Gasteiger partial charge in [-0.3, -0.25) is 4.79 Å². The second-order valence-electron chi connectivity index (χ2n) is 4.59. The van der Waals surface area contributed by atoms with Gasteiger partial charge in [0.1, 0.15) is 0 Å². The molecule has 1 aromatic carbocycles. The van der Waals surface area contributed by atoms with Crippen molar-refractivity contribution in [3.05, 3.63) is 42.0 Å². The SMILES string of the molecule is C=CCn1nnnc1SCC(=O)Nc1ccc(C)cc1C. The van der Waals surface area contributed by atoms with Crippen LogP contribution in [0.2, 0.25) is 0 Å². The largest absolute Gasteiger partial charge is 0.325 e. The lowest BCUT2D eigenvalue weighted by Crippen LogP contribution is -2.15. The van der Waals surface area contributed by atoms with Gasteiger partial charge in [0.05, 0.1) is 12.3 Å². The molecule has 2 aromatic rings. The smallest absolute Gasteiger partial charge is 0.234 e. The minimum Gasteiger partial charge on any atom is -0.325 e. The van der Waals surface area contributed by atoms with Crippen LogP contribution < -0.4 is 5.32 Å². The maximum Gasteiger partial charge on any atom is 0.234 e. The first-order chi connectivity index (χ1) is 10.1. The highest BCUT2D eigenvalue weighted by Gasteiger charge is 2.10. The number of rotatable bonds is 6. The van der Waals surface area contributed by atoms with Crippen LogP contribution in [-0.2, 0) is 11.3 Å². The Balaban J connectivity index is 1.92. The third-order valence-corrected chi connectivity index (χ3v) is 3.75. The summed E-state index contributed by atoms with van der Waals surface area (Å²) < 4.78 is 1.60. The Bertz CT molecular complexity index is 653. The monoisotopic (exact) mass is 303 g/mol. The van der Waals surface area contributed by atoms with Gasteiger partial charge >= 0.3 is 0 Å². The number of tetrazole rings is 1. The molecule has 1 amide bonds. The molecule has 7 heteroatoms. The van der Waals surface area contributed by atoms with E-state index < -0.39 is 0 Å². The molecular formula is C14H17N5OS. The standard InChI is InChI=1S/C14H17N5OS/c1-4-7-19-14(16-17-18-19)21-9-13(20)15-12-6-5-10(2)8-11(12)3/h4-6,8H,1,7,9H2,2-3H3,(H,15,20). The van der Waals surface area contributed by atoms with Crippen LogP contribution >= 0.6 is 11.8 Å². The van der Waals surface area contributed by atoms with E-state index in [9.17, 15) is 4.79 Å². The van der Waals surface area contributed by atoms with Gasteiger partial charge in [-0.25, -0.2) is 4.68 Å². The second-order valence-corrected chi connectivity index (χ2v) is 5.53. The Morgan fingerprint density at radius 1 is 1.48 bits per heavy atom. The first kappa shape index (κ1) is 15.2. The van der Waals surface area contributed by atoms with E-state index >= 15 is 0 Å². The molecule has 2 rings (SSSR count). The number of anilines is 1. The molecule has 0 spiro atoms. The summed E-state index contributed by atoms with van der Waals surface area (Å²) in [6.45, 7) is 8.16. The van der Waals surface area contributed by atoms with Gasteiger partial charge in [0.2, 0.25) is 11.1 Å². The maximum absolute atomic E-state index is 12.0. The predicted molar refractivity (Wildman–Crippen MR) is 83.3 cm³/mol. The first-order valence-electron chi connectivity index (χ1n) is 6.47. The minimum absolute atomic E-state index is 0.0832. The lowest BCUT2D eigenvalue weighted by atomic mass is 10.1. The fourth-order valence-electron chi connectivity index (χ4n) is 1.81. The fourth-order valence-corrected chi connectivity index (χ4v) is 2.49. The lowest BCUT2D eigenvalue weighted by molar-refractivity contribution is -0.113. The van der Waals surface area contributed by atoms with Gasteiger partial charge in [-0.05, 0) is 35.9 Å². The molecule has 0 aliphatic heterocycles. The predicted octanol–water partition coefficient (Wildman–Crippen LogP) is 2.21. The van der Waals surface area contributed by atoms with E-state index in [2.05, 4.69) is 27.4 Å². The lowest BCUT2D eigenvalue weighted by Gasteiger charge is -2.08. The zero-order valence-electron chi connectivity index (χ0n) is 12.0. The average molecular weight is 303 g/mol. The number of allylic oxidation sites excluding steroid dienone is 1. The number of benzene rings is 1. The van der Waals surface area contributed by atoms with Crippen molar-refractivity contribution in [3.8, 4) is 0 Å². The van der Waals surface area contributed by atoms with Crippen molar-refractivity contribution in [3.63, 3.8) is 0 Å². The quantitative estimate of drug-likeness (QED) is 0.654. The van der Waals surface area contributed by atoms with Crippen molar-refractivity contribution < 1.29 is 4.79 Å². The highest BCUT2D eigenvalue weighted by atomic mass is 32.2. The Labute approximate surface area is 127 Å². The number of carbonyl (C=O) groups excluding carboxylic acids is 1. The molecule has 0 saturated heterocycles. The van der Waals surface area contributed by atoms with Gasteiger partial charge < -0.3 is 5.32 Å². The Morgan fingerprint density at radius 3 is 3.00 bits per heavy atom. The summed E-state index contributed by atoms with van der Waals surface area (Å²) in [6.07, 6.45) is 1.70. The van der Waals surface area contributed by atoms with Crippen LogP contribution in [0.1, 0.15) is 11.1 Å². The highest BCUT2D eigenvalue weighted by molar-refractivity contribution is 7.99. The van der Waals surface area contributed by atoms with Crippen molar-refractivity contribution in [1.29, 1.82) is 0 Å². The number of nitrogens with zero attached hydrogens (tertiary/aromatic N) is 4. The number of hydrogen-bond acceptors (Lipinski definition) is 5. The summed E-state index contributed by atoms with van der Waals surface area (Å²) in [5.41, 5.74) is 3.05.